The van der Waals surface area contributed by atoms with E-state index in [1.807, 2.05) is 0 Å². The van der Waals surface area contributed by atoms with Gasteiger partial charge in [0.2, 0.25) is 0 Å². The van der Waals surface area contributed by atoms with Crippen LogP contribution in [0.25, 0.3) is 0 Å². The van der Waals surface area contributed by atoms with Crippen molar-refractivity contribution < 1.29 is 28.9 Å². The first-order valence-electron chi connectivity index (χ1n) is 5.74. The van der Waals surface area contributed by atoms with Crippen molar-refractivity contribution in [1.82, 2.24) is 0 Å². The molecule has 5 nitrogen and oxygen atoms in total. The quantitative estimate of drug-likeness (QED) is 0.797. The molecular weight excluding hydrogens is 287 g/mol. The number of benzene rings is 1. The van der Waals surface area contributed by atoms with Crippen molar-refractivity contribution in [2.45, 2.75) is 19.1 Å². The fourth-order valence-electron chi connectivity index (χ4n) is 1.51. The zero-order chi connectivity index (χ0) is 15.3. The van der Waals surface area contributed by atoms with Gasteiger partial charge in [-0.3, -0.25) is 4.79 Å². The normalized spacial score (nSPS) is 13.7. The number of rotatable bonds is 5. The third-order valence-corrected chi connectivity index (χ3v) is 3.47. The molecule has 2 unspecified atom stereocenters. The lowest BCUT2D eigenvalue weighted by Gasteiger charge is -2.18. The Bertz CT molecular complexity index is 506. The summed E-state index contributed by atoms with van der Waals surface area (Å²) in [7, 11) is 1.11. The molecule has 1 aromatic carbocycles. The van der Waals surface area contributed by atoms with Crippen molar-refractivity contribution in [2.75, 3.05) is 12.9 Å². The summed E-state index contributed by atoms with van der Waals surface area (Å²) in [6.07, 6.45) is -2.54. The van der Waals surface area contributed by atoms with Crippen LogP contribution in [0.2, 0.25) is 0 Å². The molecule has 110 valence electrons. The van der Waals surface area contributed by atoms with E-state index in [1.165, 1.54) is 13.0 Å². The Morgan fingerprint density at radius 2 is 2.05 bits per heavy atom. The van der Waals surface area contributed by atoms with Crippen molar-refractivity contribution >= 4 is 22.8 Å². The van der Waals surface area contributed by atoms with E-state index in [4.69, 9.17) is 0 Å². The van der Waals surface area contributed by atoms with Crippen molar-refractivity contribution in [1.29, 1.82) is 0 Å². The molecule has 0 bridgehead atoms. The van der Waals surface area contributed by atoms with Crippen LogP contribution in [0.3, 0.4) is 0 Å². The lowest BCUT2D eigenvalue weighted by molar-refractivity contribution is -0.109. The average molecular weight is 302 g/mol. The van der Waals surface area contributed by atoms with Gasteiger partial charge in [-0.15, -0.1) is 0 Å². The Kier molecular flexibility index (Phi) is 6.12. The predicted octanol–water partition coefficient (Wildman–Crippen LogP) is 1.29. The number of carbonyl (C=O) groups excluding carboxylic acids is 2. The molecule has 0 aliphatic carbocycles. The predicted molar refractivity (Wildman–Crippen MR) is 71.8 cm³/mol. The van der Waals surface area contributed by atoms with E-state index < -0.39 is 24.0 Å². The fourth-order valence-corrected chi connectivity index (χ4v) is 2.10. The van der Waals surface area contributed by atoms with Crippen molar-refractivity contribution in [3.8, 4) is 0 Å². The molecule has 0 saturated carbocycles. The summed E-state index contributed by atoms with van der Waals surface area (Å²) in [5, 5.41) is 19.5. The second-order valence-electron chi connectivity index (χ2n) is 4.05. The molecule has 0 aromatic heterocycles. The van der Waals surface area contributed by atoms with Crippen LogP contribution in [0, 0.1) is 5.82 Å². The van der Waals surface area contributed by atoms with Crippen LogP contribution in [0.1, 0.15) is 28.9 Å². The number of methoxy groups -OCH3 is 1. The minimum Gasteiger partial charge on any atom is -0.465 e. The van der Waals surface area contributed by atoms with Gasteiger partial charge >= 0.3 is 5.97 Å². The van der Waals surface area contributed by atoms with Crippen LogP contribution in [-0.4, -0.2) is 40.3 Å². The average Bonchev–Trinajstić information content (AvgIpc) is 2.43. The van der Waals surface area contributed by atoms with E-state index in [1.54, 1.807) is 0 Å². The molecule has 0 aliphatic rings. The second kappa shape index (κ2) is 7.37. The van der Waals surface area contributed by atoms with Gasteiger partial charge in [-0.25, -0.2) is 9.18 Å². The minimum absolute atomic E-state index is 0.00142. The SMILES string of the molecule is COC(=O)c1cc(C(O)C(O)CSC(C)=O)ccc1F. The van der Waals surface area contributed by atoms with E-state index in [-0.39, 0.29) is 22.0 Å². The van der Waals surface area contributed by atoms with Gasteiger partial charge in [0.15, 0.2) is 5.12 Å². The molecule has 1 aromatic rings. The number of hydrogen-bond donors (Lipinski definition) is 2. The highest BCUT2D eigenvalue weighted by Gasteiger charge is 2.22. The van der Waals surface area contributed by atoms with Gasteiger partial charge in [0.25, 0.3) is 0 Å². The summed E-state index contributed by atoms with van der Waals surface area (Å²) in [5.74, 6) is -1.65. The number of aliphatic hydroxyl groups is 2. The highest BCUT2D eigenvalue weighted by molar-refractivity contribution is 8.13. The van der Waals surface area contributed by atoms with Gasteiger partial charge in [0, 0.05) is 12.7 Å². The smallest absolute Gasteiger partial charge is 0.340 e. The first kappa shape index (κ1) is 16.6. The van der Waals surface area contributed by atoms with Gasteiger partial charge in [-0.05, 0) is 17.7 Å². The van der Waals surface area contributed by atoms with E-state index in [0.717, 1.165) is 31.0 Å². The number of hydrogen-bond acceptors (Lipinski definition) is 6. The fraction of sp³-hybridized carbons (Fsp3) is 0.385. The first-order chi connectivity index (χ1) is 9.36. The minimum atomic E-state index is -1.33. The van der Waals surface area contributed by atoms with Crippen molar-refractivity contribution in [3.05, 3.63) is 35.1 Å². The zero-order valence-electron chi connectivity index (χ0n) is 11.0. The largest absolute Gasteiger partial charge is 0.465 e. The van der Waals surface area contributed by atoms with Crippen LogP contribution in [0.15, 0.2) is 18.2 Å². The monoisotopic (exact) mass is 302 g/mol. The van der Waals surface area contributed by atoms with Crippen LogP contribution in [-0.2, 0) is 9.53 Å². The van der Waals surface area contributed by atoms with Crippen molar-refractivity contribution in [3.63, 3.8) is 0 Å². The number of thioether (sulfide) groups is 1. The molecule has 0 heterocycles. The lowest BCUT2D eigenvalue weighted by atomic mass is 10.0. The van der Waals surface area contributed by atoms with Crippen LogP contribution in [0.4, 0.5) is 4.39 Å². The molecule has 0 amide bonds. The van der Waals surface area contributed by atoms with Gasteiger partial charge in [0.05, 0.1) is 18.8 Å². The maximum Gasteiger partial charge on any atom is 0.340 e. The molecule has 0 radical (unpaired) electrons. The molecule has 20 heavy (non-hydrogen) atoms. The highest BCUT2D eigenvalue weighted by atomic mass is 32.2. The first-order valence-corrected chi connectivity index (χ1v) is 6.72. The Balaban J connectivity index is 2.90. The van der Waals surface area contributed by atoms with Crippen LogP contribution < -0.4 is 0 Å². The van der Waals surface area contributed by atoms with Gasteiger partial charge < -0.3 is 14.9 Å². The van der Waals surface area contributed by atoms with Gasteiger partial charge in [0.1, 0.15) is 11.9 Å². The molecule has 0 aliphatic heterocycles. The molecule has 0 saturated heterocycles. The van der Waals surface area contributed by atoms with Gasteiger partial charge in [-0.2, -0.15) is 0 Å². The van der Waals surface area contributed by atoms with E-state index in [2.05, 4.69) is 4.74 Å². The molecule has 0 fully saturated rings. The molecular formula is C13H15FO5S. The van der Waals surface area contributed by atoms with Gasteiger partial charge in [-0.1, -0.05) is 17.8 Å². The molecule has 2 N–H and O–H groups in total. The number of carbonyl (C=O) groups is 2. The summed E-state index contributed by atoms with van der Waals surface area (Å²) in [6, 6.07) is 3.39. The summed E-state index contributed by atoms with van der Waals surface area (Å²) in [4.78, 5) is 22.1. The Labute approximate surface area is 119 Å². The third-order valence-electron chi connectivity index (χ3n) is 2.56. The standard InChI is InChI=1S/C13H15FO5S/c1-7(15)20-6-11(16)12(17)8-3-4-10(14)9(5-8)13(18)19-2/h3-5,11-12,16-17H,6H2,1-2H3. The van der Waals surface area contributed by atoms with E-state index in [0.29, 0.717) is 0 Å². The highest BCUT2D eigenvalue weighted by Crippen LogP contribution is 2.22. The molecule has 7 heteroatoms. The van der Waals surface area contributed by atoms with E-state index >= 15 is 0 Å². The lowest BCUT2D eigenvalue weighted by Crippen LogP contribution is -2.22. The number of ether oxygens (including phenoxy) is 1. The summed E-state index contributed by atoms with van der Waals surface area (Å²) in [5.41, 5.74) is -0.154. The Hall–Kier alpha value is -1.44. The number of esters is 1. The third kappa shape index (κ3) is 4.29. The van der Waals surface area contributed by atoms with Crippen molar-refractivity contribution in [2.24, 2.45) is 0 Å². The Morgan fingerprint density at radius 3 is 2.60 bits per heavy atom. The van der Waals surface area contributed by atoms with E-state index in [9.17, 15) is 24.2 Å². The summed E-state index contributed by atoms with van der Waals surface area (Å²) >= 11 is 0.866. The summed E-state index contributed by atoms with van der Waals surface area (Å²) < 4.78 is 17.9. The number of halogens is 1. The topological polar surface area (TPSA) is 83.8 Å². The van der Waals surface area contributed by atoms with Crippen LogP contribution in [0.5, 0.6) is 0 Å². The Morgan fingerprint density at radius 1 is 1.40 bits per heavy atom. The maximum atomic E-state index is 13.4. The second-order valence-corrected chi connectivity index (χ2v) is 5.24. The maximum absolute atomic E-state index is 13.4. The molecule has 0 spiro atoms. The molecule has 2 atom stereocenters. The number of aliphatic hydroxyl groups excluding tert-OH is 2. The summed E-state index contributed by atoms with van der Waals surface area (Å²) in [6.45, 7) is 1.34. The zero-order valence-corrected chi connectivity index (χ0v) is 11.8. The van der Waals surface area contributed by atoms with Crippen LogP contribution >= 0.6 is 11.8 Å². The molecule has 1 rings (SSSR count).